The quantitative estimate of drug-likeness (QED) is 0.0327. The van der Waals surface area contributed by atoms with Gasteiger partial charge in [0.05, 0.1) is 12.7 Å². The van der Waals surface area contributed by atoms with Crippen molar-refractivity contribution >= 4 is 11.9 Å². The van der Waals surface area contributed by atoms with Gasteiger partial charge >= 0.3 is 11.9 Å². The van der Waals surface area contributed by atoms with Gasteiger partial charge in [-0.2, -0.15) is 0 Å². The number of aliphatic hydroxyl groups excluding tert-OH is 2. The summed E-state index contributed by atoms with van der Waals surface area (Å²) in [7, 11) is 0. The van der Waals surface area contributed by atoms with Crippen molar-refractivity contribution in [1.82, 2.24) is 0 Å². The average molecular weight is 647 g/mol. The number of carbonyl (C=O) groups excluding carboxylic acids is 2. The van der Waals surface area contributed by atoms with Crippen LogP contribution in [0.2, 0.25) is 0 Å². The highest BCUT2D eigenvalue weighted by atomic mass is 16.6. The maximum absolute atomic E-state index is 12.1. The summed E-state index contributed by atoms with van der Waals surface area (Å²) in [5.74, 6) is 0.169. The molecule has 266 valence electrons. The third-order valence-corrected chi connectivity index (χ3v) is 8.25. The minimum Gasteiger partial charge on any atom is -0.462 e. The standard InChI is InChI=1S/C40H70O6/c1-4-6-7-8-14-20-25-30-37(42)31-26-21-16-13-18-23-28-33-40(44)46-38(34-41)35-45-39(43)32-27-22-17-12-10-9-11-15-19-24-29-36(3)5-2/h13-14,18,20-21,25-26,30,36-38,41-42H,4-12,15-17,19,22-24,27-29,31-35H2,1-3H3/b18-13+,20-14-,26-21-,30-25-/t36?,37-,38-/m0/s1. The van der Waals surface area contributed by atoms with Gasteiger partial charge in [-0.15, -0.1) is 0 Å². The van der Waals surface area contributed by atoms with E-state index >= 15 is 0 Å². The van der Waals surface area contributed by atoms with E-state index in [9.17, 15) is 19.8 Å². The second-order valence-electron chi connectivity index (χ2n) is 12.7. The Balaban J connectivity index is 3.76. The Morgan fingerprint density at radius 2 is 1.33 bits per heavy atom. The van der Waals surface area contributed by atoms with Crippen LogP contribution in [0.15, 0.2) is 48.6 Å². The minimum absolute atomic E-state index is 0.106. The molecular weight excluding hydrogens is 576 g/mol. The molecule has 3 atom stereocenters. The van der Waals surface area contributed by atoms with Gasteiger partial charge in [-0.05, 0) is 50.9 Å². The normalized spacial score (nSPS) is 14.1. The fraction of sp³-hybridized carbons (Fsp3) is 0.750. The van der Waals surface area contributed by atoms with Crippen LogP contribution in [-0.4, -0.2) is 47.6 Å². The fourth-order valence-electron chi connectivity index (χ4n) is 4.95. The van der Waals surface area contributed by atoms with Crippen LogP contribution >= 0.6 is 0 Å². The molecule has 0 spiro atoms. The van der Waals surface area contributed by atoms with Gasteiger partial charge in [-0.3, -0.25) is 9.59 Å². The van der Waals surface area contributed by atoms with Gasteiger partial charge < -0.3 is 19.7 Å². The van der Waals surface area contributed by atoms with Crippen LogP contribution in [0.5, 0.6) is 0 Å². The molecule has 0 aliphatic heterocycles. The first-order valence-corrected chi connectivity index (χ1v) is 18.7. The Hall–Kier alpha value is -2.18. The predicted octanol–water partition coefficient (Wildman–Crippen LogP) is 10.3. The SMILES string of the molecule is CCCCC/C=C\C=C/[C@H](O)C/C=C\C/C=C/CCCC(=O)O[C@@H](CO)COC(=O)CCCCCCCCCCCCC(C)CC. The first-order valence-electron chi connectivity index (χ1n) is 18.7. The molecule has 2 N–H and O–H groups in total. The second-order valence-corrected chi connectivity index (χ2v) is 12.7. The molecule has 46 heavy (non-hydrogen) atoms. The van der Waals surface area contributed by atoms with Crippen LogP contribution in [-0.2, 0) is 19.1 Å². The summed E-state index contributed by atoms with van der Waals surface area (Å²) in [4.78, 5) is 24.2. The zero-order valence-electron chi connectivity index (χ0n) is 29.8. The highest BCUT2D eigenvalue weighted by molar-refractivity contribution is 5.70. The van der Waals surface area contributed by atoms with Crippen molar-refractivity contribution in [1.29, 1.82) is 0 Å². The maximum Gasteiger partial charge on any atom is 0.306 e. The summed E-state index contributed by atoms with van der Waals surface area (Å²) < 4.78 is 10.5. The molecule has 0 bridgehead atoms. The summed E-state index contributed by atoms with van der Waals surface area (Å²) in [6.45, 7) is 6.34. The van der Waals surface area contributed by atoms with Gasteiger partial charge in [-0.25, -0.2) is 0 Å². The largest absolute Gasteiger partial charge is 0.462 e. The Kier molecular flexibility index (Phi) is 32.5. The number of carbonyl (C=O) groups is 2. The third-order valence-electron chi connectivity index (χ3n) is 8.25. The van der Waals surface area contributed by atoms with Gasteiger partial charge in [0.1, 0.15) is 6.61 Å². The molecule has 6 heteroatoms. The molecule has 0 rings (SSSR count). The topological polar surface area (TPSA) is 93.1 Å². The molecule has 0 aliphatic rings. The highest BCUT2D eigenvalue weighted by Gasteiger charge is 2.16. The number of aliphatic hydroxyl groups is 2. The summed E-state index contributed by atoms with van der Waals surface area (Å²) in [6.07, 6.45) is 37.6. The Morgan fingerprint density at radius 3 is 2.00 bits per heavy atom. The summed E-state index contributed by atoms with van der Waals surface area (Å²) in [6, 6.07) is 0. The number of hydrogen-bond donors (Lipinski definition) is 2. The zero-order valence-corrected chi connectivity index (χ0v) is 29.8. The molecule has 0 aromatic rings. The molecule has 0 aromatic heterocycles. The molecule has 0 heterocycles. The third kappa shape index (κ3) is 31.8. The first-order chi connectivity index (χ1) is 22.4. The van der Waals surface area contributed by atoms with E-state index in [1.165, 1.54) is 77.0 Å². The molecule has 0 saturated heterocycles. The Labute approximate surface area is 282 Å². The lowest BCUT2D eigenvalue weighted by atomic mass is 9.99. The number of unbranched alkanes of at least 4 members (excludes halogenated alkanes) is 13. The highest BCUT2D eigenvalue weighted by Crippen LogP contribution is 2.15. The smallest absolute Gasteiger partial charge is 0.306 e. The van der Waals surface area contributed by atoms with Crippen LogP contribution in [0.25, 0.3) is 0 Å². The van der Waals surface area contributed by atoms with Gasteiger partial charge in [0.15, 0.2) is 6.10 Å². The number of ether oxygens (including phenoxy) is 2. The van der Waals surface area contributed by atoms with Gasteiger partial charge in [0.2, 0.25) is 0 Å². The number of allylic oxidation sites excluding steroid dienone is 6. The van der Waals surface area contributed by atoms with E-state index in [1.54, 1.807) is 0 Å². The summed E-state index contributed by atoms with van der Waals surface area (Å²) >= 11 is 0. The van der Waals surface area contributed by atoms with Crippen molar-refractivity contribution in [2.75, 3.05) is 13.2 Å². The van der Waals surface area contributed by atoms with Crippen molar-refractivity contribution in [3.8, 4) is 0 Å². The van der Waals surface area contributed by atoms with Gasteiger partial charge in [-0.1, -0.05) is 153 Å². The zero-order chi connectivity index (χ0) is 33.9. The second kappa shape index (κ2) is 34.2. The van der Waals surface area contributed by atoms with Gasteiger partial charge in [0, 0.05) is 12.8 Å². The van der Waals surface area contributed by atoms with Crippen molar-refractivity contribution in [3.63, 3.8) is 0 Å². The lowest BCUT2D eigenvalue weighted by molar-refractivity contribution is -0.161. The number of esters is 2. The van der Waals surface area contributed by atoms with Crippen LogP contribution < -0.4 is 0 Å². The van der Waals surface area contributed by atoms with E-state index < -0.39 is 18.2 Å². The van der Waals surface area contributed by atoms with E-state index in [2.05, 4.69) is 26.8 Å². The fourth-order valence-corrected chi connectivity index (χ4v) is 4.95. The van der Waals surface area contributed by atoms with Crippen molar-refractivity contribution in [2.24, 2.45) is 5.92 Å². The summed E-state index contributed by atoms with van der Waals surface area (Å²) in [5, 5.41) is 19.5. The summed E-state index contributed by atoms with van der Waals surface area (Å²) in [5.41, 5.74) is 0. The molecule has 0 saturated carbocycles. The van der Waals surface area contributed by atoms with Gasteiger partial charge in [0.25, 0.3) is 0 Å². The van der Waals surface area contributed by atoms with Crippen LogP contribution in [0, 0.1) is 5.92 Å². The van der Waals surface area contributed by atoms with E-state index in [0.29, 0.717) is 19.3 Å². The molecule has 0 aliphatic carbocycles. The monoisotopic (exact) mass is 647 g/mol. The molecule has 0 aromatic carbocycles. The molecule has 1 unspecified atom stereocenters. The van der Waals surface area contributed by atoms with E-state index in [-0.39, 0.29) is 25.6 Å². The number of rotatable bonds is 32. The molecular formula is C40H70O6. The lowest BCUT2D eigenvalue weighted by Gasteiger charge is -2.15. The molecule has 6 nitrogen and oxygen atoms in total. The van der Waals surface area contributed by atoms with E-state index in [1.807, 2.05) is 42.5 Å². The first kappa shape index (κ1) is 43.8. The molecule has 0 amide bonds. The Morgan fingerprint density at radius 1 is 0.696 bits per heavy atom. The van der Waals surface area contributed by atoms with E-state index in [4.69, 9.17) is 9.47 Å². The van der Waals surface area contributed by atoms with Crippen molar-refractivity contribution < 1.29 is 29.3 Å². The average Bonchev–Trinajstić information content (AvgIpc) is 3.05. The molecule has 0 fully saturated rings. The van der Waals surface area contributed by atoms with Crippen molar-refractivity contribution in [2.45, 2.75) is 174 Å². The van der Waals surface area contributed by atoms with Crippen LogP contribution in [0.1, 0.15) is 162 Å². The van der Waals surface area contributed by atoms with E-state index in [0.717, 1.165) is 44.4 Å². The predicted molar refractivity (Wildman–Crippen MR) is 193 cm³/mol. The van der Waals surface area contributed by atoms with Crippen molar-refractivity contribution in [3.05, 3.63) is 48.6 Å². The lowest BCUT2D eigenvalue weighted by Crippen LogP contribution is -2.28. The molecule has 0 radical (unpaired) electrons. The van der Waals surface area contributed by atoms with Crippen LogP contribution in [0.3, 0.4) is 0 Å². The van der Waals surface area contributed by atoms with Crippen LogP contribution in [0.4, 0.5) is 0 Å². The maximum atomic E-state index is 12.1. The Bertz CT molecular complexity index is 815. The number of hydrogen-bond acceptors (Lipinski definition) is 6. The minimum atomic E-state index is -0.820.